The quantitative estimate of drug-likeness (QED) is 0.0289. The van der Waals surface area contributed by atoms with Crippen molar-refractivity contribution in [3.63, 3.8) is 0 Å². The predicted molar refractivity (Wildman–Crippen MR) is 300 cm³/mol. The third-order valence-corrected chi connectivity index (χ3v) is 13.0. The molecular formula is C52H80N16O18. The van der Waals surface area contributed by atoms with Crippen LogP contribution in [0.4, 0.5) is 0 Å². The molecule has 34 heteroatoms. The van der Waals surface area contributed by atoms with Crippen molar-refractivity contribution in [2.45, 2.75) is 43.9 Å². The van der Waals surface area contributed by atoms with Crippen molar-refractivity contribution < 1.29 is 86.6 Å². The number of amides is 15. The van der Waals surface area contributed by atoms with Gasteiger partial charge in [0, 0.05) is 69.8 Å². The number of nitrogens with one attached hydrogen (secondary N) is 5. The number of carbonyl (C=O) groups excluding carboxylic acids is 15. The van der Waals surface area contributed by atoms with E-state index in [1.807, 2.05) is 0 Å². The summed E-state index contributed by atoms with van der Waals surface area (Å²) in [5, 5.41) is 21.0. The van der Waals surface area contributed by atoms with Crippen LogP contribution >= 0.6 is 0 Å². The van der Waals surface area contributed by atoms with Gasteiger partial charge >= 0.3 is 5.97 Å². The van der Waals surface area contributed by atoms with Gasteiger partial charge < -0.3 is 92.0 Å². The Hall–Kier alpha value is -9.34. The maximum absolute atomic E-state index is 13.1. The van der Waals surface area contributed by atoms with Gasteiger partial charge in [-0.05, 0) is 24.3 Å². The maximum Gasteiger partial charge on any atom is 0.333 e. The van der Waals surface area contributed by atoms with E-state index in [0.717, 1.165) is 44.1 Å². The van der Waals surface area contributed by atoms with Gasteiger partial charge in [0.15, 0.2) is 6.10 Å². The van der Waals surface area contributed by atoms with Crippen molar-refractivity contribution in [3.05, 3.63) is 35.9 Å². The van der Waals surface area contributed by atoms with E-state index in [1.165, 1.54) is 63.4 Å². The van der Waals surface area contributed by atoms with Crippen LogP contribution in [-0.4, -0.2) is 311 Å². The number of likely N-dealkylation sites (N-methyl/N-ethyl adjacent to an activating group) is 9. The van der Waals surface area contributed by atoms with Crippen LogP contribution in [0.2, 0.25) is 0 Å². The molecule has 1 fully saturated rings. The first kappa shape index (κ1) is 72.8. The molecule has 0 aliphatic heterocycles. The predicted octanol–water partition coefficient (Wildman–Crippen LogP) is -8.66. The smallest absolute Gasteiger partial charge is 0.333 e. The molecule has 3 atom stereocenters. The summed E-state index contributed by atoms with van der Waals surface area (Å²) in [6, 6.07) is 5.85. The van der Waals surface area contributed by atoms with Gasteiger partial charge in [0.2, 0.25) is 88.6 Å². The summed E-state index contributed by atoms with van der Waals surface area (Å²) in [6.07, 6.45) is -0.301. The minimum Gasteiger partial charge on any atom is -0.479 e. The Morgan fingerprint density at radius 1 is 0.477 bits per heavy atom. The Balaban J connectivity index is 1.75. The van der Waals surface area contributed by atoms with E-state index < -0.39 is 191 Å². The average Bonchev–Trinajstić information content (AvgIpc) is 4.43. The highest BCUT2D eigenvalue weighted by molar-refractivity contribution is 5.96. The zero-order valence-corrected chi connectivity index (χ0v) is 49.8. The lowest BCUT2D eigenvalue weighted by atomic mass is 10.1. The zero-order valence-electron chi connectivity index (χ0n) is 49.8. The molecule has 0 unspecified atom stereocenters. The van der Waals surface area contributed by atoms with Crippen LogP contribution in [0.1, 0.15) is 24.8 Å². The first-order valence-electron chi connectivity index (χ1n) is 26.7. The molecule has 2 rings (SSSR count). The van der Waals surface area contributed by atoms with Gasteiger partial charge in [0.25, 0.3) is 0 Å². The number of nitrogens with two attached hydrogens (primary N) is 2. The molecule has 0 heterocycles. The lowest BCUT2D eigenvalue weighted by molar-refractivity contribution is -0.153. The monoisotopic (exact) mass is 1220 g/mol. The number of carbonyl (C=O) groups is 16. The number of primary amides is 1. The number of hydrogen-bond donors (Lipinski definition) is 8. The molecule has 0 bridgehead atoms. The SMILES string of the molecule is CN(CC(N)=O)C(=O)CN(C)C(=O)CN(C)C(=O)CN(C)C(=O)CN(C)C(=O)CN(C)C(=O)CN(C)C(=O)CN(C)C(=O)CN(C)C(=O)C[C@H](N)C(=O)NCC(=O)NCC(=O)N[C@@H](Cc1ccccc1)C(=O)NCC(=O)NCO[C@H](C(=O)O)C1CC1. The van der Waals surface area contributed by atoms with Crippen LogP contribution in [-0.2, 0) is 87.9 Å². The molecule has 86 heavy (non-hydrogen) atoms. The number of carboxylic acids is 1. The van der Waals surface area contributed by atoms with Crippen LogP contribution in [0.5, 0.6) is 0 Å². The molecular weight excluding hydrogens is 1140 g/mol. The number of carboxylic acid groups (broad SMARTS) is 1. The molecule has 0 radical (unpaired) electrons. The number of nitrogens with zero attached hydrogens (tertiary/aromatic N) is 9. The number of hydrogen-bond acceptors (Lipinski definition) is 18. The third-order valence-electron chi connectivity index (χ3n) is 13.0. The van der Waals surface area contributed by atoms with Gasteiger partial charge in [-0.15, -0.1) is 0 Å². The largest absolute Gasteiger partial charge is 0.479 e. The molecule has 1 saturated carbocycles. The summed E-state index contributed by atoms with van der Waals surface area (Å²) in [5.41, 5.74) is 11.6. The minimum atomic E-state index is -1.50. The summed E-state index contributed by atoms with van der Waals surface area (Å²) in [5.74, 6) is -12.1. The first-order valence-corrected chi connectivity index (χ1v) is 26.7. The Bertz CT molecular complexity index is 2660. The molecule has 0 aromatic heterocycles. The molecule has 1 aromatic carbocycles. The van der Waals surface area contributed by atoms with E-state index in [9.17, 15) is 81.8 Å². The van der Waals surface area contributed by atoms with E-state index >= 15 is 0 Å². The Morgan fingerprint density at radius 2 is 0.814 bits per heavy atom. The standard InChI is InChI=1S/C52H80N16O18/c1-60(22-36(54)69)41(74)24-62(3)43(76)26-64(5)45(78)28-66(7)47(80)30-68(9)48(81)29-67(8)46(79)27-65(6)44(77)25-63(4)42(75)23-61(2)40(73)18-34(53)50(82)56-19-37(70)55-21-39(72)59-35(17-32-13-11-10-12-14-32)51(83)57-20-38(71)58-31-86-49(52(84)85)33-15-16-33/h10-14,33-35,49H,15-31,53H2,1-9H3,(H2,54,69)(H,55,70)(H,56,82)(H,57,83)(H,58,71)(H,59,72)(H,84,85)/t34-,35-,49-/m0/s1. The van der Waals surface area contributed by atoms with Gasteiger partial charge in [-0.2, -0.15) is 0 Å². The van der Waals surface area contributed by atoms with E-state index in [1.54, 1.807) is 30.3 Å². The maximum atomic E-state index is 13.1. The normalized spacial score (nSPS) is 12.4. The van der Waals surface area contributed by atoms with E-state index in [2.05, 4.69) is 26.6 Å². The number of benzene rings is 1. The first-order chi connectivity index (χ1) is 40.2. The average molecular weight is 1220 g/mol. The van der Waals surface area contributed by atoms with Crippen LogP contribution in [0.25, 0.3) is 0 Å². The molecule has 15 amide bonds. The molecule has 476 valence electrons. The third kappa shape index (κ3) is 26.9. The number of aliphatic carboxylic acids is 1. The zero-order chi connectivity index (χ0) is 65.1. The van der Waals surface area contributed by atoms with Crippen LogP contribution in [0.15, 0.2) is 30.3 Å². The highest BCUT2D eigenvalue weighted by Crippen LogP contribution is 2.34. The second-order valence-corrected chi connectivity index (χ2v) is 20.6. The van der Waals surface area contributed by atoms with Crippen LogP contribution in [0, 0.1) is 5.92 Å². The summed E-state index contributed by atoms with van der Waals surface area (Å²) in [4.78, 5) is 211. The van der Waals surface area contributed by atoms with Crippen molar-refractivity contribution in [1.29, 1.82) is 0 Å². The van der Waals surface area contributed by atoms with Gasteiger partial charge in [0.05, 0.1) is 91.0 Å². The van der Waals surface area contributed by atoms with Gasteiger partial charge in [-0.3, -0.25) is 71.9 Å². The van der Waals surface area contributed by atoms with Crippen LogP contribution < -0.4 is 38.1 Å². The summed E-state index contributed by atoms with van der Waals surface area (Å²) < 4.78 is 5.24. The van der Waals surface area contributed by atoms with E-state index in [0.29, 0.717) is 18.4 Å². The lowest BCUT2D eigenvalue weighted by Gasteiger charge is -2.27. The number of rotatable bonds is 36. The Morgan fingerprint density at radius 3 is 1.17 bits per heavy atom. The minimum absolute atomic E-state index is 0.00727. The van der Waals surface area contributed by atoms with Gasteiger partial charge in [0.1, 0.15) is 12.8 Å². The van der Waals surface area contributed by atoms with Crippen molar-refractivity contribution >= 4 is 94.6 Å². The van der Waals surface area contributed by atoms with Crippen molar-refractivity contribution in [3.8, 4) is 0 Å². The molecule has 0 saturated heterocycles. The number of ether oxygens (including phenoxy) is 1. The second-order valence-electron chi connectivity index (χ2n) is 20.6. The fraction of sp³-hybridized carbons (Fsp3) is 0.577. The molecule has 10 N–H and O–H groups in total. The summed E-state index contributed by atoms with van der Waals surface area (Å²) in [7, 11) is 11.6. The molecule has 1 aliphatic rings. The fourth-order valence-corrected chi connectivity index (χ4v) is 7.27. The molecule has 34 nitrogen and oxygen atoms in total. The van der Waals surface area contributed by atoms with Crippen molar-refractivity contribution in [2.75, 3.05) is 149 Å². The Kier molecular flexibility index (Phi) is 30.2. The van der Waals surface area contributed by atoms with Crippen molar-refractivity contribution in [2.24, 2.45) is 17.4 Å². The molecule has 1 aromatic rings. The van der Waals surface area contributed by atoms with Gasteiger partial charge in [-0.25, -0.2) is 4.79 Å². The summed E-state index contributed by atoms with van der Waals surface area (Å²) >= 11 is 0. The van der Waals surface area contributed by atoms with E-state index in [4.69, 9.17) is 16.2 Å². The lowest BCUT2D eigenvalue weighted by Crippen LogP contribution is -2.52. The fourth-order valence-electron chi connectivity index (χ4n) is 7.27. The summed E-state index contributed by atoms with van der Waals surface area (Å²) in [6.45, 7) is -6.55. The topological polar surface area (TPSA) is 444 Å². The van der Waals surface area contributed by atoms with E-state index in [-0.39, 0.29) is 25.4 Å². The molecule has 0 spiro atoms. The highest BCUT2D eigenvalue weighted by atomic mass is 16.5. The van der Waals surface area contributed by atoms with Gasteiger partial charge in [-0.1, -0.05) is 30.3 Å². The van der Waals surface area contributed by atoms with Crippen molar-refractivity contribution in [1.82, 2.24) is 70.7 Å². The Labute approximate surface area is 496 Å². The molecule has 1 aliphatic carbocycles. The van der Waals surface area contributed by atoms with Crippen LogP contribution in [0.3, 0.4) is 0 Å². The highest BCUT2D eigenvalue weighted by Gasteiger charge is 2.37. The second kappa shape index (κ2) is 35.7.